The third-order valence-corrected chi connectivity index (χ3v) is 13.0. The Morgan fingerprint density at radius 2 is 1.47 bits per heavy atom. The van der Waals surface area contributed by atoms with Gasteiger partial charge in [-0.05, 0) is 100 Å². The number of anilines is 1. The second-order valence-corrected chi connectivity index (χ2v) is 16.9. The molecule has 2 aromatic carbocycles. The molecule has 316 valence electrons. The van der Waals surface area contributed by atoms with Gasteiger partial charge in [0.15, 0.2) is 6.10 Å². The number of benzene rings is 2. The Morgan fingerprint density at radius 1 is 0.793 bits per heavy atom. The van der Waals surface area contributed by atoms with Gasteiger partial charge in [-0.25, -0.2) is 9.59 Å². The summed E-state index contributed by atoms with van der Waals surface area (Å²) in [7, 11) is 0. The number of hydrogen-bond donors (Lipinski definition) is 2. The van der Waals surface area contributed by atoms with E-state index in [4.69, 9.17) is 9.47 Å². The van der Waals surface area contributed by atoms with Crippen LogP contribution in [0.1, 0.15) is 67.2 Å². The average molecular weight is 802 g/mol. The number of piperazine rings is 1. The number of fused-ring (bicyclic) bond motifs is 1. The molecule has 0 bridgehead atoms. The molecular weight excluding hydrogens is 739 g/mol. The summed E-state index contributed by atoms with van der Waals surface area (Å²) in [4.78, 5) is 66.1. The lowest BCUT2D eigenvalue weighted by atomic mass is 10.00. The number of urea groups is 1. The van der Waals surface area contributed by atoms with E-state index in [1.54, 1.807) is 4.90 Å². The number of carbonyl (C=O) groups excluding carboxylic acids is 4. The first-order chi connectivity index (χ1) is 28.1. The summed E-state index contributed by atoms with van der Waals surface area (Å²) in [5.41, 5.74) is 4.20. The summed E-state index contributed by atoms with van der Waals surface area (Å²) < 4.78 is 11.7. The molecule has 14 nitrogen and oxygen atoms in total. The third-order valence-electron chi connectivity index (χ3n) is 13.0. The van der Waals surface area contributed by atoms with Crippen molar-refractivity contribution < 1.29 is 33.8 Å². The molecule has 14 heteroatoms. The molecule has 2 aromatic rings. The number of amides is 4. The number of nitrogens with one attached hydrogen (secondary N) is 1. The molecule has 0 aromatic heterocycles. The van der Waals surface area contributed by atoms with Gasteiger partial charge in [0.05, 0.1) is 6.54 Å². The van der Waals surface area contributed by atoms with Gasteiger partial charge in [0.2, 0.25) is 0 Å². The van der Waals surface area contributed by atoms with Gasteiger partial charge < -0.3 is 34.6 Å². The van der Waals surface area contributed by atoms with Crippen LogP contribution in [0, 0.1) is 13.8 Å². The number of nitrogens with zero attached hydrogens (tertiary/aromatic N) is 6. The van der Waals surface area contributed by atoms with Gasteiger partial charge in [0.1, 0.15) is 12.4 Å². The van der Waals surface area contributed by atoms with Gasteiger partial charge in [0.25, 0.3) is 5.91 Å². The molecule has 0 spiro atoms. The molecule has 5 heterocycles. The van der Waals surface area contributed by atoms with Crippen molar-refractivity contribution >= 4 is 29.7 Å². The largest absolute Gasteiger partial charge is 0.507 e. The van der Waals surface area contributed by atoms with E-state index in [9.17, 15) is 24.3 Å². The molecule has 7 rings (SSSR count). The Morgan fingerprint density at radius 3 is 2.17 bits per heavy atom. The van der Waals surface area contributed by atoms with Crippen LogP contribution in [0.3, 0.4) is 0 Å². The minimum Gasteiger partial charge on any atom is -0.507 e. The minimum atomic E-state index is -1.02. The zero-order valence-corrected chi connectivity index (χ0v) is 34.5. The lowest BCUT2D eigenvalue weighted by Crippen LogP contribution is -2.57. The van der Waals surface area contributed by atoms with Crippen LogP contribution in [0.25, 0.3) is 0 Å². The predicted octanol–water partition coefficient (Wildman–Crippen LogP) is 4.25. The number of hydrogen-bond acceptors (Lipinski definition) is 10. The molecule has 4 saturated heterocycles. The van der Waals surface area contributed by atoms with Crippen LogP contribution in [0.5, 0.6) is 5.75 Å². The fraction of sp³-hybridized carbons (Fsp3) is 0.636. The summed E-state index contributed by atoms with van der Waals surface area (Å²) >= 11 is 0. The second kappa shape index (κ2) is 19.6. The Balaban J connectivity index is 0.892. The fourth-order valence-corrected chi connectivity index (χ4v) is 9.50. The van der Waals surface area contributed by atoms with Crippen molar-refractivity contribution in [2.45, 2.75) is 89.8 Å². The fourth-order valence-electron chi connectivity index (χ4n) is 9.50. The molecule has 0 radical (unpaired) electrons. The highest BCUT2D eigenvalue weighted by atomic mass is 16.6. The predicted molar refractivity (Wildman–Crippen MR) is 221 cm³/mol. The van der Waals surface area contributed by atoms with E-state index in [0.717, 1.165) is 81.9 Å². The van der Waals surface area contributed by atoms with Gasteiger partial charge in [0, 0.05) is 89.6 Å². The Labute approximate surface area is 343 Å². The first-order valence-electron chi connectivity index (χ1n) is 21.6. The number of para-hydroxylation sites is 1. The Kier molecular flexibility index (Phi) is 14.1. The van der Waals surface area contributed by atoms with Crippen molar-refractivity contribution in [3.8, 4) is 5.75 Å². The molecule has 4 amide bonds. The number of phenolic OH excluding ortho intramolecular Hbond substituents is 1. The topological polar surface area (TPSA) is 138 Å². The van der Waals surface area contributed by atoms with Crippen LogP contribution in [-0.4, -0.2) is 168 Å². The molecule has 2 N–H and O–H groups in total. The van der Waals surface area contributed by atoms with E-state index in [1.165, 1.54) is 19.3 Å². The lowest BCUT2D eigenvalue weighted by molar-refractivity contribution is -0.145. The molecule has 0 aliphatic carbocycles. The zero-order chi connectivity index (χ0) is 40.6. The van der Waals surface area contributed by atoms with Gasteiger partial charge in [-0.2, -0.15) is 0 Å². The SMILES string of the molecule is Cc1cc(C[C@@H](OC(=O)N2CCC(N3CCc4ccccc4NC3=O)CC2)C(=O)N2CCN(C3CCN(CC(=O)OCCN4CCCCC4)CC3)CC2)cc(C)c1O. The molecule has 58 heavy (non-hydrogen) atoms. The number of aromatic hydroxyl groups is 1. The van der Waals surface area contributed by atoms with E-state index in [0.29, 0.717) is 75.9 Å². The molecule has 4 fully saturated rings. The van der Waals surface area contributed by atoms with Crippen molar-refractivity contribution in [2.24, 2.45) is 0 Å². The van der Waals surface area contributed by atoms with E-state index in [2.05, 4.69) is 20.0 Å². The number of carbonyl (C=O) groups is 4. The maximum absolute atomic E-state index is 14.2. The minimum absolute atomic E-state index is 0.00187. The smallest absolute Gasteiger partial charge is 0.410 e. The molecular formula is C44H63N7O7. The quantitative estimate of drug-likeness (QED) is 0.318. The first-order valence-corrected chi connectivity index (χ1v) is 21.6. The number of esters is 1. The summed E-state index contributed by atoms with van der Waals surface area (Å²) in [6.45, 7) is 13.1. The highest BCUT2D eigenvalue weighted by Gasteiger charge is 2.37. The molecule has 0 saturated carbocycles. The maximum atomic E-state index is 14.2. The lowest BCUT2D eigenvalue weighted by Gasteiger charge is -2.43. The van der Waals surface area contributed by atoms with Crippen LogP contribution in [-0.2, 0) is 31.9 Å². The van der Waals surface area contributed by atoms with E-state index < -0.39 is 12.2 Å². The number of aryl methyl sites for hydroxylation is 2. The van der Waals surface area contributed by atoms with Crippen molar-refractivity contribution in [2.75, 3.05) is 97.0 Å². The standard InChI is InChI=1S/C44H63N7O7/c1-32-28-34(29-33(2)41(32)53)30-39(58-44(56)50-19-13-37(14-20-50)51-21-10-35-8-4-5-9-38(35)45-43(51)55)42(54)49-24-22-48(23-25-49)36-11-17-47(18-12-36)31-40(52)57-27-26-46-15-6-3-7-16-46/h4-5,8-9,28-29,36-37,39,53H,3,6-7,10-27,30-31H2,1-2H3,(H,45,55)/t39-/m1/s1. The van der Waals surface area contributed by atoms with Crippen molar-refractivity contribution in [1.82, 2.24) is 29.4 Å². The third kappa shape index (κ3) is 10.6. The van der Waals surface area contributed by atoms with E-state index >= 15 is 0 Å². The Bertz CT molecular complexity index is 1720. The second-order valence-electron chi connectivity index (χ2n) is 16.9. The summed E-state index contributed by atoms with van der Waals surface area (Å²) in [5.74, 6) is -0.132. The van der Waals surface area contributed by atoms with Gasteiger partial charge in [-0.1, -0.05) is 36.8 Å². The van der Waals surface area contributed by atoms with Crippen LogP contribution >= 0.6 is 0 Å². The summed E-state index contributed by atoms with van der Waals surface area (Å²) in [5, 5.41) is 13.5. The highest BCUT2D eigenvalue weighted by Crippen LogP contribution is 2.27. The van der Waals surface area contributed by atoms with E-state index in [1.807, 2.05) is 60.0 Å². The molecule has 5 aliphatic heterocycles. The van der Waals surface area contributed by atoms with E-state index in [-0.39, 0.29) is 36.1 Å². The number of ether oxygens (including phenoxy) is 2. The zero-order valence-electron chi connectivity index (χ0n) is 34.5. The maximum Gasteiger partial charge on any atom is 0.410 e. The van der Waals surface area contributed by atoms with Crippen molar-refractivity contribution in [3.05, 3.63) is 58.7 Å². The van der Waals surface area contributed by atoms with Crippen LogP contribution < -0.4 is 5.32 Å². The Hall–Kier alpha value is -4.40. The highest BCUT2D eigenvalue weighted by molar-refractivity contribution is 5.91. The average Bonchev–Trinajstić information content (AvgIpc) is 3.41. The normalized spacial score (nSPS) is 21.2. The molecule has 5 aliphatic rings. The van der Waals surface area contributed by atoms with Crippen molar-refractivity contribution in [3.63, 3.8) is 0 Å². The van der Waals surface area contributed by atoms with Crippen LogP contribution in [0.4, 0.5) is 15.3 Å². The molecule has 1 atom stereocenters. The van der Waals surface area contributed by atoms with Crippen LogP contribution in [0.2, 0.25) is 0 Å². The number of likely N-dealkylation sites (tertiary alicyclic amines) is 3. The number of phenols is 1. The number of piperidine rings is 3. The summed E-state index contributed by atoms with van der Waals surface area (Å²) in [6.07, 6.45) is 6.35. The van der Waals surface area contributed by atoms with Crippen LogP contribution in [0.15, 0.2) is 36.4 Å². The first kappa shape index (κ1) is 41.7. The van der Waals surface area contributed by atoms with Gasteiger partial charge in [-0.15, -0.1) is 0 Å². The monoisotopic (exact) mass is 801 g/mol. The molecule has 0 unspecified atom stereocenters. The van der Waals surface area contributed by atoms with Crippen molar-refractivity contribution in [1.29, 1.82) is 0 Å². The number of rotatable bonds is 11. The summed E-state index contributed by atoms with van der Waals surface area (Å²) in [6, 6.07) is 11.9. The van der Waals surface area contributed by atoms with Gasteiger partial charge >= 0.3 is 18.1 Å². The van der Waals surface area contributed by atoms with Gasteiger partial charge in [-0.3, -0.25) is 24.3 Å².